The molecule has 0 atom stereocenters. The Hall–Kier alpha value is -2.08. The topological polar surface area (TPSA) is 93.5 Å². The Bertz CT molecular complexity index is 506. The maximum atomic E-state index is 11.7. The van der Waals surface area contributed by atoms with E-state index in [0.717, 1.165) is 0 Å². The molecule has 0 bridgehead atoms. The first-order chi connectivity index (χ1) is 8.36. The number of hydrogen-bond acceptors (Lipinski definition) is 4. The standard InChI is InChI=1S/C12H15N3O3/c1-12(2,13)11(17)14-7-3-4-9-8(5-7)15-10(16)6-18-9/h3-5H,6,13H2,1-2H3,(H,14,17)(H,15,16). The predicted octanol–water partition coefficient (Wildman–Crippen LogP) is 0.693. The van der Waals surface area contributed by atoms with Crippen molar-refractivity contribution in [1.82, 2.24) is 0 Å². The molecule has 0 fully saturated rings. The van der Waals surface area contributed by atoms with Gasteiger partial charge in [-0.3, -0.25) is 9.59 Å². The third-order valence-electron chi connectivity index (χ3n) is 2.46. The van der Waals surface area contributed by atoms with E-state index >= 15 is 0 Å². The zero-order valence-electron chi connectivity index (χ0n) is 10.2. The molecule has 0 aromatic heterocycles. The Morgan fingerprint density at radius 1 is 1.50 bits per heavy atom. The molecule has 0 unspecified atom stereocenters. The number of anilines is 2. The second kappa shape index (κ2) is 4.30. The van der Waals surface area contributed by atoms with Crippen molar-refractivity contribution in [3.8, 4) is 5.75 Å². The first-order valence-electron chi connectivity index (χ1n) is 5.53. The van der Waals surface area contributed by atoms with Crippen LogP contribution in [-0.2, 0) is 9.59 Å². The fourth-order valence-corrected chi connectivity index (χ4v) is 1.45. The molecular weight excluding hydrogens is 234 g/mol. The highest BCUT2D eigenvalue weighted by Gasteiger charge is 2.22. The summed E-state index contributed by atoms with van der Waals surface area (Å²) in [6, 6.07) is 5.02. The number of carbonyl (C=O) groups excluding carboxylic acids is 2. The molecule has 2 amide bonds. The van der Waals surface area contributed by atoms with Crippen LogP contribution in [-0.4, -0.2) is 24.0 Å². The number of fused-ring (bicyclic) bond motifs is 1. The molecule has 1 aromatic rings. The molecule has 0 aliphatic carbocycles. The number of amides is 2. The van der Waals surface area contributed by atoms with E-state index in [2.05, 4.69) is 10.6 Å². The fourth-order valence-electron chi connectivity index (χ4n) is 1.45. The SMILES string of the molecule is CC(C)(N)C(=O)Nc1ccc2c(c1)NC(=O)CO2. The van der Waals surface area contributed by atoms with E-state index in [-0.39, 0.29) is 18.4 Å². The van der Waals surface area contributed by atoms with Crippen molar-refractivity contribution < 1.29 is 14.3 Å². The lowest BCUT2D eigenvalue weighted by Gasteiger charge is -2.21. The molecule has 1 aromatic carbocycles. The van der Waals surface area contributed by atoms with Crippen molar-refractivity contribution in [2.24, 2.45) is 5.73 Å². The summed E-state index contributed by atoms with van der Waals surface area (Å²) < 4.78 is 5.21. The van der Waals surface area contributed by atoms with Gasteiger partial charge in [0.25, 0.3) is 5.91 Å². The van der Waals surface area contributed by atoms with Crippen LogP contribution < -0.4 is 21.1 Å². The number of nitrogens with two attached hydrogens (primary N) is 1. The molecule has 6 heteroatoms. The van der Waals surface area contributed by atoms with Gasteiger partial charge >= 0.3 is 0 Å². The molecule has 1 heterocycles. The third kappa shape index (κ3) is 2.60. The van der Waals surface area contributed by atoms with Gasteiger partial charge in [-0.05, 0) is 32.0 Å². The van der Waals surface area contributed by atoms with Crippen LogP contribution in [0.4, 0.5) is 11.4 Å². The van der Waals surface area contributed by atoms with Gasteiger partial charge in [0.15, 0.2) is 6.61 Å². The third-order valence-corrected chi connectivity index (χ3v) is 2.46. The maximum absolute atomic E-state index is 11.7. The van der Waals surface area contributed by atoms with Crippen LogP contribution in [0.2, 0.25) is 0 Å². The van der Waals surface area contributed by atoms with Crippen molar-refractivity contribution in [2.75, 3.05) is 17.2 Å². The van der Waals surface area contributed by atoms with Crippen molar-refractivity contribution in [3.05, 3.63) is 18.2 Å². The van der Waals surface area contributed by atoms with Crippen LogP contribution in [0.25, 0.3) is 0 Å². The number of hydrogen-bond donors (Lipinski definition) is 3. The van der Waals surface area contributed by atoms with Crippen LogP contribution >= 0.6 is 0 Å². The molecule has 6 nitrogen and oxygen atoms in total. The molecule has 0 radical (unpaired) electrons. The molecule has 18 heavy (non-hydrogen) atoms. The second-order valence-electron chi connectivity index (χ2n) is 4.72. The summed E-state index contributed by atoms with van der Waals surface area (Å²) in [5.74, 6) is 0.0650. The van der Waals surface area contributed by atoms with E-state index in [4.69, 9.17) is 10.5 Å². The Balaban J connectivity index is 2.19. The van der Waals surface area contributed by atoms with E-state index in [1.165, 1.54) is 0 Å². The average Bonchev–Trinajstić information content (AvgIpc) is 2.27. The normalized spacial score (nSPS) is 14.3. The van der Waals surface area contributed by atoms with Crippen molar-refractivity contribution in [2.45, 2.75) is 19.4 Å². The van der Waals surface area contributed by atoms with Gasteiger partial charge in [0.05, 0.1) is 11.2 Å². The minimum atomic E-state index is -0.963. The van der Waals surface area contributed by atoms with E-state index in [1.54, 1.807) is 32.0 Å². The van der Waals surface area contributed by atoms with Gasteiger partial charge in [-0.2, -0.15) is 0 Å². The van der Waals surface area contributed by atoms with Gasteiger partial charge in [-0.25, -0.2) is 0 Å². The summed E-state index contributed by atoms with van der Waals surface area (Å²) in [4.78, 5) is 22.9. The zero-order chi connectivity index (χ0) is 13.3. The second-order valence-corrected chi connectivity index (χ2v) is 4.72. The van der Waals surface area contributed by atoms with Gasteiger partial charge in [0.1, 0.15) is 5.75 Å². The molecular formula is C12H15N3O3. The number of ether oxygens (including phenoxy) is 1. The Morgan fingerprint density at radius 3 is 2.89 bits per heavy atom. The smallest absolute Gasteiger partial charge is 0.262 e. The van der Waals surface area contributed by atoms with Gasteiger partial charge < -0.3 is 21.1 Å². The minimum Gasteiger partial charge on any atom is -0.482 e. The lowest BCUT2D eigenvalue weighted by molar-refractivity contribution is -0.120. The number of nitrogens with one attached hydrogen (secondary N) is 2. The molecule has 4 N–H and O–H groups in total. The Labute approximate surface area is 104 Å². The molecule has 1 aliphatic heterocycles. The van der Waals surface area contributed by atoms with Gasteiger partial charge in [0.2, 0.25) is 5.91 Å². The molecule has 0 saturated carbocycles. The first-order valence-corrected chi connectivity index (χ1v) is 5.53. The zero-order valence-corrected chi connectivity index (χ0v) is 10.2. The molecule has 96 valence electrons. The highest BCUT2D eigenvalue weighted by molar-refractivity contribution is 5.99. The number of carbonyl (C=O) groups is 2. The molecule has 0 saturated heterocycles. The summed E-state index contributed by atoms with van der Waals surface area (Å²) in [5.41, 5.74) is 5.82. The van der Waals surface area contributed by atoms with Gasteiger partial charge in [-0.15, -0.1) is 0 Å². The van der Waals surface area contributed by atoms with E-state index in [1.807, 2.05) is 0 Å². The lowest BCUT2D eigenvalue weighted by Crippen LogP contribution is -2.45. The highest BCUT2D eigenvalue weighted by Crippen LogP contribution is 2.30. The van der Waals surface area contributed by atoms with E-state index in [9.17, 15) is 9.59 Å². The van der Waals surface area contributed by atoms with Gasteiger partial charge in [-0.1, -0.05) is 0 Å². The monoisotopic (exact) mass is 249 g/mol. The summed E-state index contributed by atoms with van der Waals surface area (Å²) in [7, 11) is 0. The average molecular weight is 249 g/mol. The maximum Gasteiger partial charge on any atom is 0.262 e. The van der Waals surface area contributed by atoms with Crippen LogP contribution in [0.5, 0.6) is 5.75 Å². The first kappa shape index (κ1) is 12.4. The minimum absolute atomic E-state index is 0.00847. The fraction of sp³-hybridized carbons (Fsp3) is 0.333. The lowest BCUT2D eigenvalue weighted by atomic mass is 10.1. The summed E-state index contributed by atoms with van der Waals surface area (Å²) in [6.07, 6.45) is 0. The van der Waals surface area contributed by atoms with E-state index in [0.29, 0.717) is 17.1 Å². The molecule has 1 aliphatic rings. The van der Waals surface area contributed by atoms with Crippen LogP contribution in [0.15, 0.2) is 18.2 Å². The number of rotatable bonds is 2. The highest BCUT2D eigenvalue weighted by atomic mass is 16.5. The quantitative estimate of drug-likeness (QED) is 0.719. The van der Waals surface area contributed by atoms with Crippen molar-refractivity contribution in [3.63, 3.8) is 0 Å². The van der Waals surface area contributed by atoms with Crippen molar-refractivity contribution >= 4 is 23.2 Å². The Morgan fingerprint density at radius 2 is 2.22 bits per heavy atom. The largest absolute Gasteiger partial charge is 0.482 e. The molecule has 2 rings (SSSR count). The van der Waals surface area contributed by atoms with Crippen LogP contribution in [0.1, 0.15) is 13.8 Å². The summed E-state index contributed by atoms with van der Waals surface area (Å²) in [6.45, 7) is 3.24. The Kier molecular flexibility index (Phi) is 2.96. The van der Waals surface area contributed by atoms with Crippen molar-refractivity contribution in [1.29, 1.82) is 0 Å². The summed E-state index contributed by atoms with van der Waals surface area (Å²) in [5, 5.41) is 5.34. The number of benzene rings is 1. The summed E-state index contributed by atoms with van der Waals surface area (Å²) >= 11 is 0. The van der Waals surface area contributed by atoms with E-state index < -0.39 is 5.54 Å². The van der Waals surface area contributed by atoms with Gasteiger partial charge in [0, 0.05) is 5.69 Å². The van der Waals surface area contributed by atoms with Crippen LogP contribution in [0.3, 0.4) is 0 Å². The predicted molar refractivity (Wildman–Crippen MR) is 67.5 cm³/mol. The van der Waals surface area contributed by atoms with Crippen LogP contribution in [0, 0.1) is 0 Å². The molecule has 0 spiro atoms.